The minimum atomic E-state index is -0.111. The molecule has 0 saturated heterocycles. The Labute approximate surface area is 141 Å². The number of aliphatic hydroxyl groups excluding tert-OH is 1. The zero-order valence-corrected chi connectivity index (χ0v) is 14.6. The molecule has 1 heterocycles. The monoisotopic (exact) mass is 337 g/mol. The van der Waals surface area contributed by atoms with Gasteiger partial charge < -0.3 is 15.7 Å². The van der Waals surface area contributed by atoms with E-state index < -0.39 is 0 Å². The molecule has 3 rings (SSSR count). The lowest BCUT2D eigenvalue weighted by molar-refractivity contribution is 0.178. The topological polar surface area (TPSA) is 74.2 Å². The molecule has 2 aliphatic carbocycles. The van der Waals surface area contributed by atoms with Crippen LogP contribution < -0.4 is 10.6 Å². The normalized spacial score (nSPS) is 26.3. The summed E-state index contributed by atoms with van der Waals surface area (Å²) in [6.07, 6.45) is 9.62. The molecule has 0 aliphatic heterocycles. The van der Waals surface area contributed by atoms with Crippen molar-refractivity contribution in [2.75, 3.05) is 6.61 Å². The first-order valence-electron chi connectivity index (χ1n) is 8.77. The Bertz CT molecular complexity index is 530. The highest BCUT2D eigenvalue weighted by molar-refractivity contribution is 7.11. The zero-order chi connectivity index (χ0) is 16.2. The summed E-state index contributed by atoms with van der Waals surface area (Å²) in [7, 11) is 0. The third-order valence-electron chi connectivity index (χ3n) is 5.00. The highest BCUT2D eigenvalue weighted by Crippen LogP contribution is 2.42. The number of carbonyl (C=O) groups excluding carboxylic acids is 1. The quantitative estimate of drug-likeness (QED) is 0.723. The van der Waals surface area contributed by atoms with E-state index in [0.29, 0.717) is 5.92 Å². The molecule has 2 amide bonds. The second-order valence-corrected chi connectivity index (χ2v) is 8.20. The van der Waals surface area contributed by atoms with Gasteiger partial charge in [-0.2, -0.15) is 0 Å². The molecule has 0 aromatic carbocycles. The van der Waals surface area contributed by atoms with E-state index in [2.05, 4.69) is 15.6 Å². The molecule has 1 aromatic heterocycles. The molecule has 128 valence electrons. The van der Waals surface area contributed by atoms with Crippen LogP contribution >= 0.6 is 11.3 Å². The number of urea groups is 1. The summed E-state index contributed by atoms with van der Waals surface area (Å²) in [6.45, 7) is 2.20. The maximum atomic E-state index is 12.5. The number of aryl methyl sites for hydroxylation is 1. The summed E-state index contributed by atoms with van der Waals surface area (Å²) in [4.78, 5) is 18.1. The van der Waals surface area contributed by atoms with Gasteiger partial charge in [-0.15, -0.1) is 11.3 Å². The average molecular weight is 337 g/mol. The largest absolute Gasteiger partial charge is 0.396 e. The summed E-state index contributed by atoms with van der Waals surface area (Å²) in [5.41, 5.74) is 0. The maximum Gasteiger partial charge on any atom is 0.315 e. The van der Waals surface area contributed by atoms with Crippen LogP contribution in [0.2, 0.25) is 0 Å². The van der Waals surface area contributed by atoms with Crippen LogP contribution in [0.3, 0.4) is 0 Å². The van der Waals surface area contributed by atoms with E-state index in [1.54, 1.807) is 11.3 Å². The van der Waals surface area contributed by atoms with Gasteiger partial charge in [-0.3, -0.25) is 0 Å². The van der Waals surface area contributed by atoms with Gasteiger partial charge in [0.15, 0.2) is 0 Å². The van der Waals surface area contributed by atoms with Crippen molar-refractivity contribution < 1.29 is 9.90 Å². The molecule has 23 heavy (non-hydrogen) atoms. The predicted octanol–water partition coefficient (Wildman–Crippen LogP) is 3.14. The van der Waals surface area contributed by atoms with Gasteiger partial charge in [0.1, 0.15) is 5.01 Å². The lowest BCUT2D eigenvalue weighted by Gasteiger charge is -2.26. The standard InChI is InChI=1S/C17H27N3O2S/c1-11-9-18-16(23-11)15(12-7-8-12)20-17(22)19-14-6-4-2-3-5-13(14)10-21/h9,12-15,21H,2-8,10H2,1H3,(H2,19,20,22)/t13-,14+,15+/m0/s1. The Balaban J connectivity index is 1.60. The summed E-state index contributed by atoms with van der Waals surface area (Å²) in [5.74, 6) is 0.707. The Morgan fingerprint density at radius 1 is 1.35 bits per heavy atom. The lowest BCUT2D eigenvalue weighted by atomic mass is 9.96. The number of carbonyl (C=O) groups is 1. The van der Waals surface area contributed by atoms with Gasteiger partial charge in [-0.25, -0.2) is 9.78 Å². The van der Waals surface area contributed by atoms with Crippen LogP contribution in [0, 0.1) is 18.8 Å². The number of thiazole rings is 1. The van der Waals surface area contributed by atoms with Crippen molar-refractivity contribution in [3.8, 4) is 0 Å². The van der Waals surface area contributed by atoms with Crippen molar-refractivity contribution in [2.24, 2.45) is 11.8 Å². The van der Waals surface area contributed by atoms with Crippen molar-refractivity contribution in [1.82, 2.24) is 15.6 Å². The van der Waals surface area contributed by atoms with Gasteiger partial charge in [-0.05, 0) is 38.5 Å². The number of aromatic nitrogens is 1. The molecule has 3 N–H and O–H groups in total. The van der Waals surface area contributed by atoms with Gasteiger partial charge in [0.05, 0.1) is 6.04 Å². The number of aliphatic hydroxyl groups is 1. The van der Waals surface area contributed by atoms with Crippen molar-refractivity contribution in [1.29, 1.82) is 0 Å². The molecule has 2 fully saturated rings. The first-order chi connectivity index (χ1) is 11.2. The fourth-order valence-corrected chi connectivity index (χ4v) is 4.39. The van der Waals surface area contributed by atoms with Gasteiger partial charge in [0.2, 0.25) is 0 Å². The SMILES string of the molecule is Cc1cnc([C@H](NC(=O)N[C@@H]2CCCCC[C@H]2CO)C2CC2)s1. The van der Waals surface area contributed by atoms with Crippen LogP contribution in [0.25, 0.3) is 0 Å². The Hall–Kier alpha value is -1.14. The molecule has 5 nitrogen and oxygen atoms in total. The average Bonchev–Trinajstić information content (AvgIpc) is 3.31. The van der Waals surface area contributed by atoms with E-state index >= 15 is 0 Å². The molecule has 0 radical (unpaired) electrons. The lowest BCUT2D eigenvalue weighted by Crippen LogP contribution is -2.47. The first kappa shape index (κ1) is 16.7. The Kier molecular flexibility index (Phi) is 5.54. The molecule has 0 unspecified atom stereocenters. The van der Waals surface area contributed by atoms with Crippen LogP contribution in [0.15, 0.2) is 6.20 Å². The van der Waals surface area contributed by atoms with Crippen molar-refractivity contribution in [3.63, 3.8) is 0 Å². The van der Waals surface area contributed by atoms with Crippen LogP contribution in [0.5, 0.6) is 0 Å². The second-order valence-electron chi connectivity index (χ2n) is 6.93. The fraction of sp³-hybridized carbons (Fsp3) is 0.765. The smallest absolute Gasteiger partial charge is 0.315 e. The zero-order valence-electron chi connectivity index (χ0n) is 13.8. The minimum absolute atomic E-state index is 0.0343. The van der Waals surface area contributed by atoms with Gasteiger partial charge in [0.25, 0.3) is 0 Å². The van der Waals surface area contributed by atoms with Crippen molar-refractivity contribution >= 4 is 17.4 Å². The summed E-state index contributed by atoms with van der Waals surface area (Å²) < 4.78 is 0. The van der Waals surface area contributed by atoms with Crippen LogP contribution in [-0.2, 0) is 0 Å². The molecule has 2 saturated carbocycles. The molecule has 3 atom stereocenters. The minimum Gasteiger partial charge on any atom is -0.396 e. The van der Waals surface area contributed by atoms with E-state index in [1.807, 2.05) is 13.1 Å². The van der Waals surface area contributed by atoms with E-state index in [9.17, 15) is 9.90 Å². The number of hydrogen-bond acceptors (Lipinski definition) is 4. The van der Waals surface area contributed by atoms with Crippen LogP contribution in [-0.4, -0.2) is 28.8 Å². The summed E-state index contributed by atoms with van der Waals surface area (Å²) in [6, 6.07) is 0.00698. The summed E-state index contributed by atoms with van der Waals surface area (Å²) >= 11 is 1.67. The molecule has 0 bridgehead atoms. The molecule has 2 aliphatic rings. The molecule has 1 aromatic rings. The Morgan fingerprint density at radius 3 is 2.78 bits per heavy atom. The van der Waals surface area contributed by atoms with E-state index in [-0.39, 0.29) is 30.6 Å². The van der Waals surface area contributed by atoms with E-state index in [4.69, 9.17) is 0 Å². The van der Waals surface area contributed by atoms with Gasteiger partial charge >= 0.3 is 6.03 Å². The third-order valence-corrected chi connectivity index (χ3v) is 5.99. The molecule has 6 heteroatoms. The third kappa shape index (κ3) is 4.44. The number of hydrogen-bond donors (Lipinski definition) is 3. The fourth-order valence-electron chi connectivity index (χ4n) is 3.47. The molecular weight excluding hydrogens is 310 g/mol. The second kappa shape index (κ2) is 7.62. The highest BCUT2D eigenvalue weighted by atomic mass is 32.1. The summed E-state index contributed by atoms with van der Waals surface area (Å²) in [5, 5.41) is 16.8. The van der Waals surface area contributed by atoms with E-state index in [1.165, 1.54) is 11.3 Å². The number of amides is 2. The maximum absolute atomic E-state index is 12.5. The molecule has 0 spiro atoms. The first-order valence-corrected chi connectivity index (χ1v) is 9.59. The van der Waals surface area contributed by atoms with Gasteiger partial charge in [-0.1, -0.05) is 19.3 Å². The predicted molar refractivity (Wildman–Crippen MR) is 91.4 cm³/mol. The van der Waals surface area contributed by atoms with Crippen molar-refractivity contribution in [3.05, 3.63) is 16.1 Å². The number of nitrogens with one attached hydrogen (secondary N) is 2. The van der Waals surface area contributed by atoms with Gasteiger partial charge in [0, 0.05) is 29.6 Å². The molecular formula is C17H27N3O2S. The van der Waals surface area contributed by atoms with Crippen molar-refractivity contribution in [2.45, 2.75) is 64.0 Å². The number of rotatable bonds is 5. The Morgan fingerprint density at radius 2 is 2.13 bits per heavy atom. The highest BCUT2D eigenvalue weighted by Gasteiger charge is 2.36. The van der Waals surface area contributed by atoms with Crippen LogP contribution in [0.1, 0.15) is 60.9 Å². The van der Waals surface area contributed by atoms with E-state index in [0.717, 1.165) is 43.5 Å². The van der Waals surface area contributed by atoms with Crippen LogP contribution in [0.4, 0.5) is 4.79 Å². The number of nitrogens with zero attached hydrogens (tertiary/aromatic N) is 1.